The van der Waals surface area contributed by atoms with E-state index >= 15 is 0 Å². The Kier molecular flexibility index (Phi) is 3.92. The van der Waals surface area contributed by atoms with Gasteiger partial charge in [0.25, 0.3) is 0 Å². The summed E-state index contributed by atoms with van der Waals surface area (Å²) in [4.78, 5) is 33.3. The summed E-state index contributed by atoms with van der Waals surface area (Å²) >= 11 is 0. The summed E-state index contributed by atoms with van der Waals surface area (Å²) in [5.41, 5.74) is 7.20. The number of rotatable bonds is 5. The number of hydrogen-bond donors (Lipinski definition) is 3. The van der Waals surface area contributed by atoms with Crippen LogP contribution in [0.1, 0.15) is 12.0 Å². The molecule has 0 saturated carbocycles. The minimum Gasteiger partial charge on any atom is -0.369 e. The molecule has 3 rings (SSSR count). The van der Waals surface area contributed by atoms with Crippen LogP contribution >= 0.6 is 0 Å². The first-order chi connectivity index (χ1) is 11.1. The van der Waals surface area contributed by atoms with Crippen molar-refractivity contribution in [2.75, 3.05) is 0 Å². The van der Waals surface area contributed by atoms with Crippen LogP contribution < -0.4 is 16.3 Å². The summed E-state index contributed by atoms with van der Waals surface area (Å²) in [5, 5.41) is 4.04. The zero-order valence-electron chi connectivity index (χ0n) is 12.1. The van der Waals surface area contributed by atoms with Crippen molar-refractivity contribution in [3.8, 4) is 5.75 Å². The third-order valence-electron chi connectivity index (χ3n) is 3.22. The minimum absolute atomic E-state index is 0.0519. The zero-order valence-corrected chi connectivity index (χ0v) is 12.1. The smallest absolute Gasteiger partial charge is 0.323 e. The Bertz CT molecular complexity index is 925. The van der Waals surface area contributed by atoms with E-state index in [9.17, 15) is 9.59 Å². The Hall–Kier alpha value is -3.35. The first-order valence-corrected chi connectivity index (χ1v) is 6.92. The molecule has 3 aromatic rings. The Morgan fingerprint density at radius 2 is 1.87 bits per heavy atom. The van der Waals surface area contributed by atoms with Gasteiger partial charge in [0.05, 0.1) is 17.6 Å². The molecule has 1 heterocycles. The van der Waals surface area contributed by atoms with Crippen molar-refractivity contribution in [2.24, 2.45) is 10.9 Å². The van der Waals surface area contributed by atoms with Crippen LogP contribution in [0.5, 0.6) is 5.75 Å². The van der Waals surface area contributed by atoms with Crippen molar-refractivity contribution in [3.63, 3.8) is 0 Å². The topological polar surface area (TPSA) is 113 Å². The molecule has 0 radical (unpaired) electrons. The van der Waals surface area contributed by atoms with E-state index in [2.05, 4.69) is 15.1 Å². The maximum absolute atomic E-state index is 11.4. The SMILES string of the molecule is NC(=O)C/C(=N\Oc1cccc2[nH]c(=O)[nH]c12)c1ccccc1. The van der Waals surface area contributed by atoms with Crippen LogP contribution in [0.15, 0.2) is 58.5 Å². The molecule has 0 fully saturated rings. The van der Waals surface area contributed by atoms with Crippen LogP contribution in [0.2, 0.25) is 0 Å². The fourth-order valence-corrected chi connectivity index (χ4v) is 2.19. The summed E-state index contributed by atoms with van der Waals surface area (Å²) in [7, 11) is 0. The Morgan fingerprint density at radius 3 is 2.61 bits per heavy atom. The van der Waals surface area contributed by atoms with E-state index < -0.39 is 5.91 Å². The summed E-state index contributed by atoms with van der Waals surface area (Å²) in [6.45, 7) is 0. The highest BCUT2D eigenvalue weighted by Gasteiger charge is 2.10. The number of benzene rings is 2. The number of H-pyrrole nitrogens is 2. The molecule has 0 bridgehead atoms. The lowest BCUT2D eigenvalue weighted by Gasteiger charge is -2.05. The van der Waals surface area contributed by atoms with Crippen LogP contribution in [0.4, 0.5) is 0 Å². The van der Waals surface area contributed by atoms with Crippen molar-refractivity contribution in [1.29, 1.82) is 0 Å². The van der Waals surface area contributed by atoms with Crippen molar-refractivity contribution in [2.45, 2.75) is 6.42 Å². The van der Waals surface area contributed by atoms with E-state index in [1.807, 2.05) is 30.3 Å². The van der Waals surface area contributed by atoms with Crippen molar-refractivity contribution in [1.82, 2.24) is 9.97 Å². The first kappa shape index (κ1) is 14.6. The van der Waals surface area contributed by atoms with E-state index in [1.165, 1.54) is 0 Å². The molecular formula is C16H14N4O3. The molecule has 23 heavy (non-hydrogen) atoms. The van der Waals surface area contributed by atoms with Crippen LogP contribution in [-0.4, -0.2) is 21.6 Å². The first-order valence-electron chi connectivity index (χ1n) is 6.92. The molecule has 0 atom stereocenters. The van der Waals surface area contributed by atoms with Gasteiger partial charge in [-0.1, -0.05) is 41.6 Å². The number of oxime groups is 1. The van der Waals surface area contributed by atoms with Gasteiger partial charge in [-0.05, 0) is 17.7 Å². The van der Waals surface area contributed by atoms with E-state index in [1.54, 1.807) is 18.2 Å². The summed E-state index contributed by atoms with van der Waals surface area (Å²) in [6, 6.07) is 14.3. The van der Waals surface area contributed by atoms with Gasteiger partial charge in [0, 0.05) is 0 Å². The molecule has 0 saturated heterocycles. The van der Waals surface area contributed by atoms with Gasteiger partial charge in [0.1, 0.15) is 5.52 Å². The van der Waals surface area contributed by atoms with Gasteiger partial charge >= 0.3 is 5.69 Å². The summed E-state index contributed by atoms with van der Waals surface area (Å²) in [5.74, 6) is -0.136. The number of fused-ring (bicyclic) bond motifs is 1. The molecule has 0 aliphatic rings. The highest BCUT2D eigenvalue weighted by Crippen LogP contribution is 2.21. The number of aromatic nitrogens is 2. The normalized spacial score (nSPS) is 11.6. The Labute approximate surface area is 130 Å². The molecule has 2 aromatic carbocycles. The average Bonchev–Trinajstić information content (AvgIpc) is 2.92. The highest BCUT2D eigenvalue weighted by molar-refractivity contribution is 6.10. The third-order valence-corrected chi connectivity index (χ3v) is 3.22. The molecule has 1 aromatic heterocycles. The summed E-state index contributed by atoms with van der Waals surface area (Å²) in [6.07, 6.45) is -0.0519. The number of carbonyl (C=O) groups is 1. The monoisotopic (exact) mass is 310 g/mol. The lowest BCUT2D eigenvalue weighted by molar-refractivity contribution is -0.116. The zero-order chi connectivity index (χ0) is 16.2. The molecule has 116 valence electrons. The average molecular weight is 310 g/mol. The number of nitrogens with one attached hydrogen (secondary N) is 2. The molecule has 1 amide bonds. The fraction of sp³-hybridized carbons (Fsp3) is 0.0625. The lowest BCUT2D eigenvalue weighted by atomic mass is 10.1. The molecule has 7 nitrogen and oxygen atoms in total. The van der Waals surface area contributed by atoms with Crippen LogP contribution in [0.3, 0.4) is 0 Å². The van der Waals surface area contributed by atoms with Crippen molar-refractivity contribution >= 4 is 22.7 Å². The predicted octanol–water partition coefficient (Wildman–Crippen LogP) is 1.51. The third kappa shape index (κ3) is 3.29. The second kappa shape index (κ2) is 6.18. The van der Waals surface area contributed by atoms with E-state index in [0.29, 0.717) is 22.5 Å². The number of amides is 1. The standard InChI is InChI=1S/C16H14N4O3/c17-14(21)9-12(10-5-2-1-3-6-10)20-23-13-8-4-7-11-15(13)19-16(22)18-11/h1-8H,9H2,(H2,17,21)(H2,18,19,22)/b20-12+. The number of imidazole rings is 1. The quantitative estimate of drug-likeness (QED) is 0.490. The minimum atomic E-state index is -0.510. The lowest BCUT2D eigenvalue weighted by Crippen LogP contribution is -2.17. The number of primary amides is 1. The van der Waals surface area contributed by atoms with Gasteiger partial charge in [-0.2, -0.15) is 0 Å². The Balaban J connectivity index is 1.96. The molecule has 0 aliphatic carbocycles. The van der Waals surface area contributed by atoms with Gasteiger partial charge in [-0.15, -0.1) is 0 Å². The number of para-hydroxylation sites is 1. The predicted molar refractivity (Wildman–Crippen MR) is 86.3 cm³/mol. The van der Waals surface area contributed by atoms with Crippen LogP contribution in [-0.2, 0) is 4.79 Å². The Morgan fingerprint density at radius 1 is 1.09 bits per heavy atom. The number of nitrogens with zero attached hydrogens (tertiary/aromatic N) is 1. The molecule has 4 N–H and O–H groups in total. The number of carbonyl (C=O) groups excluding carboxylic acids is 1. The molecule has 0 unspecified atom stereocenters. The molecule has 7 heteroatoms. The maximum atomic E-state index is 11.4. The number of nitrogens with two attached hydrogens (primary N) is 1. The van der Waals surface area contributed by atoms with Gasteiger partial charge in [0.2, 0.25) is 5.91 Å². The second-order valence-corrected chi connectivity index (χ2v) is 4.90. The van der Waals surface area contributed by atoms with Crippen LogP contribution in [0, 0.1) is 0 Å². The van der Waals surface area contributed by atoms with Gasteiger partial charge in [-0.25, -0.2) is 4.79 Å². The van der Waals surface area contributed by atoms with Crippen molar-refractivity contribution < 1.29 is 9.63 Å². The van der Waals surface area contributed by atoms with E-state index in [4.69, 9.17) is 10.6 Å². The number of aromatic amines is 2. The molecular weight excluding hydrogens is 296 g/mol. The molecule has 0 aliphatic heterocycles. The maximum Gasteiger partial charge on any atom is 0.323 e. The fourth-order valence-electron chi connectivity index (χ4n) is 2.19. The number of hydrogen-bond acceptors (Lipinski definition) is 4. The highest BCUT2D eigenvalue weighted by atomic mass is 16.6. The second-order valence-electron chi connectivity index (χ2n) is 4.90. The van der Waals surface area contributed by atoms with E-state index in [-0.39, 0.29) is 12.1 Å². The molecule has 0 spiro atoms. The summed E-state index contributed by atoms with van der Waals surface area (Å²) < 4.78 is 0. The largest absolute Gasteiger partial charge is 0.369 e. The van der Waals surface area contributed by atoms with Gasteiger partial charge in [0.15, 0.2) is 5.75 Å². The van der Waals surface area contributed by atoms with Crippen molar-refractivity contribution in [3.05, 3.63) is 64.6 Å². The van der Waals surface area contributed by atoms with Crippen LogP contribution in [0.25, 0.3) is 11.0 Å². The van der Waals surface area contributed by atoms with Gasteiger partial charge in [-0.3, -0.25) is 4.79 Å². The van der Waals surface area contributed by atoms with Gasteiger partial charge < -0.3 is 20.5 Å². The van der Waals surface area contributed by atoms with E-state index in [0.717, 1.165) is 5.56 Å².